The van der Waals surface area contributed by atoms with Crippen LogP contribution in [0.1, 0.15) is 18.9 Å². The molecular weight excluding hydrogens is 356 g/mol. The minimum absolute atomic E-state index is 0.00660. The molecule has 0 saturated heterocycles. The number of hydrogen-bond donors (Lipinski definition) is 0. The lowest BCUT2D eigenvalue weighted by Crippen LogP contribution is -2.23. The van der Waals surface area contributed by atoms with Crippen molar-refractivity contribution in [2.24, 2.45) is 0 Å². The second-order valence-electron chi connectivity index (χ2n) is 6.22. The van der Waals surface area contributed by atoms with Gasteiger partial charge in [-0.15, -0.1) is 10.2 Å². The Morgan fingerprint density at radius 1 is 1.04 bits per heavy atom. The van der Waals surface area contributed by atoms with E-state index in [-0.39, 0.29) is 5.56 Å². The summed E-state index contributed by atoms with van der Waals surface area (Å²) in [4.78, 5) is 12.8. The summed E-state index contributed by atoms with van der Waals surface area (Å²) in [5, 5.41) is 10.2. The van der Waals surface area contributed by atoms with Gasteiger partial charge in [0.1, 0.15) is 0 Å². The largest absolute Gasteiger partial charge is 0.276 e. The molecule has 0 aliphatic heterocycles. The van der Waals surface area contributed by atoms with Gasteiger partial charge in [-0.3, -0.25) is 13.8 Å². The van der Waals surface area contributed by atoms with Crippen LogP contribution in [0.3, 0.4) is 0 Å². The molecule has 2 heterocycles. The summed E-state index contributed by atoms with van der Waals surface area (Å²) in [7, 11) is 0. The maximum atomic E-state index is 12.8. The van der Waals surface area contributed by atoms with Gasteiger partial charge in [-0.25, -0.2) is 0 Å². The van der Waals surface area contributed by atoms with Gasteiger partial charge in [0.2, 0.25) is 5.78 Å². The maximum absolute atomic E-state index is 12.8. The molecule has 0 N–H and O–H groups in total. The van der Waals surface area contributed by atoms with Gasteiger partial charge < -0.3 is 0 Å². The van der Waals surface area contributed by atoms with Gasteiger partial charge in [0.25, 0.3) is 5.56 Å². The third-order valence-corrected chi connectivity index (χ3v) is 5.23. The highest BCUT2D eigenvalue weighted by Crippen LogP contribution is 2.22. The van der Waals surface area contributed by atoms with Crippen LogP contribution in [0, 0.1) is 0 Å². The average Bonchev–Trinajstić information content (AvgIpc) is 3.13. The first kappa shape index (κ1) is 17.5. The van der Waals surface area contributed by atoms with Crippen molar-refractivity contribution >= 4 is 34.5 Å². The summed E-state index contributed by atoms with van der Waals surface area (Å²) < 4.78 is 3.71. The van der Waals surface area contributed by atoms with Crippen molar-refractivity contribution in [3.05, 3.63) is 76.6 Å². The van der Waals surface area contributed by atoms with Gasteiger partial charge in [0.05, 0.1) is 10.9 Å². The Bertz CT molecular complexity index is 1160. The number of fused-ring (bicyclic) bond motifs is 3. The molecule has 0 aliphatic rings. The summed E-state index contributed by atoms with van der Waals surface area (Å²) in [5.41, 5.74) is 2.02. The Hall–Kier alpha value is -2.86. The summed E-state index contributed by atoms with van der Waals surface area (Å²) in [6.07, 6.45) is 5.08. The van der Waals surface area contributed by atoms with E-state index < -0.39 is 0 Å². The number of benzene rings is 2. The number of hydrogen-bond acceptors (Lipinski definition) is 4. The van der Waals surface area contributed by atoms with Gasteiger partial charge in [-0.2, -0.15) is 0 Å². The smallest absolute Gasteiger partial charge is 0.262 e. The van der Waals surface area contributed by atoms with Crippen LogP contribution in [0.15, 0.2) is 70.6 Å². The number of aromatic nitrogens is 4. The fraction of sp³-hybridized carbons (Fsp3) is 0.190. The molecule has 4 aromatic rings. The molecule has 6 heteroatoms. The molecule has 0 unspecified atom stereocenters. The molecule has 27 heavy (non-hydrogen) atoms. The molecule has 0 bridgehead atoms. The molecule has 4 rings (SSSR count). The molecule has 0 amide bonds. The second kappa shape index (κ2) is 7.80. The van der Waals surface area contributed by atoms with Crippen LogP contribution in [0.25, 0.3) is 22.8 Å². The zero-order chi connectivity index (χ0) is 18.6. The van der Waals surface area contributed by atoms with E-state index in [0.29, 0.717) is 17.7 Å². The zero-order valence-corrected chi connectivity index (χ0v) is 15.9. The Labute approximate surface area is 161 Å². The van der Waals surface area contributed by atoms with Crippen molar-refractivity contribution in [3.63, 3.8) is 0 Å². The van der Waals surface area contributed by atoms with Crippen LogP contribution < -0.4 is 5.56 Å². The number of rotatable bonds is 6. The Morgan fingerprint density at radius 3 is 2.63 bits per heavy atom. The molecule has 0 saturated carbocycles. The predicted octanol–water partition coefficient (Wildman–Crippen LogP) is 4.26. The van der Waals surface area contributed by atoms with Crippen molar-refractivity contribution in [3.8, 4) is 0 Å². The molecule has 0 atom stereocenters. The van der Waals surface area contributed by atoms with Crippen molar-refractivity contribution in [1.29, 1.82) is 0 Å². The zero-order valence-electron chi connectivity index (χ0n) is 15.1. The number of thioether (sulfide) groups is 1. The number of para-hydroxylation sites is 1. The summed E-state index contributed by atoms with van der Waals surface area (Å²) in [6, 6.07) is 17.9. The van der Waals surface area contributed by atoms with E-state index in [1.54, 1.807) is 16.3 Å². The van der Waals surface area contributed by atoms with E-state index >= 15 is 0 Å². The fourth-order valence-electron chi connectivity index (χ4n) is 3.12. The molecule has 0 fully saturated rings. The Kier molecular flexibility index (Phi) is 5.07. The highest BCUT2D eigenvalue weighted by Gasteiger charge is 2.15. The molecule has 136 valence electrons. The van der Waals surface area contributed by atoms with Gasteiger partial charge in [0.15, 0.2) is 5.16 Å². The van der Waals surface area contributed by atoms with E-state index in [9.17, 15) is 4.79 Å². The Balaban J connectivity index is 1.72. The van der Waals surface area contributed by atoms with Crippen LogP contribution in [0.4, 0.5) is 0 Å². The van der Waals surface area contributed by atoms with Gasteiger partial charge >= 0.3 is 0 Å². The molecule has 2 aromatic carbocycles. The fourth-order valence-corrected chi connectivity index (χ4v) is 3.87. The predicted molar refractivity (Wildman–Crippen MR) is 111 cm³/mol. The molecule has 5 nitrogen and oxygen atoms in total. The van der Waals surface area contributed by atoms with Crippen molar-refractivity contribution in [2.75, 3.05) is 5.75 Å². The summed E-state index contributed by atoms with van der Waals surface area (Å²) >= 11 is 1.61. The van der Waals surface area contributed by atoms with Crippen LogP contribution in [0.5, 0.6) is 0 Å². The average molecular weight is 376 g/mol. The van der Waals surface area contributed by atoms with E-state index in [2.05, 4.69) is 41.4 Å². The van der Waals surface area contributed by atoms with E-state index in [1.165, 1.54) is 5.56 Å². The van der Waals surface area contributed by atoms with Crippen LogP contribution in [-0.4, -0.2) is 24.9 Å². The molecule has 0 aliphatic carbocycles. The molecule has 0 spiro atoms. The van der Waals surface area contributed by atoms with E-state index in [1.807, 2.05) is 46.9 Å². The first-order valence-electron chi connectivity index (χ1n) is 9.00. The number of nitrogens with zero attached hydrogens (tertiary/aromatic N) is 4. The van der Waals surface area contributed by atoms with E-state index in [0.717, 1.165) is 22.8 Å². The van der Waals surface area contributed by atoms with Crippen LogP contribution in [-0.2, 0) is 6.54 Å². The van der Waals surface area contributed by atoms with Gasteiger partial charge in [0, 0.05) is 12.3 Å². The highest BCUT2D eigenvalue weighted by molar-refractivity contribution is 7.99. The normalized spacial score (nSPS) is 11.7. The van der Waals surface area contributed by atoms with Crippen molar-refractivity contribution in [1.82, 2.24) is 19.2 Å². The third-order valence-electron chi connectivity index (χ3n) is 4.34. The SMILES string of the molecule is CCCn1c(=O)c2ccccc2n2c(SC/C=C/c3ccccc3)nnc12. The number of aryl methyl sites for hydroxylation is 1. The lowest BCUT2D eigenvalue weighted by molar-refractivity contribution is 0.662. The standard InChI is InChI=1S/C21H20N4OS/c1-2-14-24-19(26)17-12-6-7-13-18(17)25-20(24)22-23-21(25)27-15-8-11-16-9-4-3-5-10-16/h3-13H,2,14-15H2,1H3/b11-8+. The van der Waals surface area contributed by atoms with Crippen molar-refractivity contribution < 1.29 is 0 Å². The highest BCUT2D eigenvalue weighted by atomic mass is 32.2. The van der Waals surface area contributed by atoms with Crippen LogP contribution >= 0.6 is 11.8 Å². The maximum Gasteiger partial charge on any atom is 0.262 e. The summed E-state index contributed by atoms with van der Waals surface area (Å²) in [5.74, 6) is 1.38. The summed E-state index contributed by atoms with van der Waals surface area (Å²) in [6.45, 7) is 2.68. The van der Waals surface area contributed by atoms with Gasteiger partial charge in [-0.05, 0) is 24.1 Å². The first-order valence-corrected chi connectivity index (χ1v) is 9.99. The van der Waals surface area contributed by atoms with Gasteiger partial charge in [-0.1, -0.05) is 73.3 Å². The lowest BCUT2D eigenvalue weighted by Gasteiger charge is -2.10. The molecule has 0 radical (unpaired) electrons. The van der Waals surface area contributed by atoms with E-state index in [4.69, 9.17) is 0 Å². The topological polar surface area (TPSA) is 52.2 Å². The second-order valence-corrected chi connectivity index (χ2v) is 7.20. The van der Waals surface area contributed by atoms with Crippen LogP contribution in [0.2, 0.25) is 0 Å². The minimum atomic E-state index is -0.00660. The third kappa shape index (κ3) is 3.40. The minimum Gasteiger partial charge on any atom is -0.276 e. The molecular formula is C21H20N4OS. The monoisotopic (exact) mass is 376 g/mol. The molecule has 2 aromatic heterocycles. The van der Waals surface area contributed by atoms with Crippen molar-refractivity contribution in [2.45, 2.75) is 25.0 Å². The Morgan fingerprint density at radius 2 is 1.81 bits per heavy atom. The first-order chi connectivity index (χ1) is 13.3. The quantitative estimate of drug-likeness (QED) is 0.472. The lowest BCUT2D eigenvalue weighted by atomic mass is 10.2.